The van der Waals surface area contributed by atoms with Gasteiger partial charge < -0.3 is 10.2 Å². The fourth-order valence-electron chi connectivity index (χ4n) is 2.25. The summed E-state index contributed by atoms with van der Waals surface area (Å²) in [5.41, 5.74) is 1.89. The Morgan fingerprint density at radius 1 is 1.38 bits per heavy atom. The summed E-state index contributed by atoms with van der Waals surface area (Å²) in [6.45, 7) is 0.770. The van der Waals surface area contributed by atoms with E-state index in [1.54, 1.807) is 12.3 Å². The normalized spacial score (nSPS) is 14.2. The predicted molar refractivity (Wildman–Crippen MR) is 86.3 cm³/mol. The first-order valence-electron chi connectivity index (χ1n) is 7.00. The Kier molecular flexibility index (Phi) is 4.22. The van der Waals surface area contributed by atoms with Crippen molar-refractivity contribution >= 4 is 27.4 Å². The molecule has 1 aliphatic rings. The maximum absolute atomic E-state index is 13.4. The molecule has 3 nitrogen and oxygen atoms in total. The van der Waals surface area contributed by atoms with Gasteiger partial charge in [0, 0.05) is 41.6 Å². The Balaban J connectivity index is 1.88. The van der Waals surface area contributed by atoms with Crippen molar-refractivity contribution in [3.05, 3.63) is 52.4 Å². The Bertz CT molecular complexity index is 643. The molecule has 2 aromatic rings. The van der Waals surface area contributed by atoms with Gasteiger partial charge in [0.15, 0.2) is 0 Å². The van der Waals surface area contributed by atoms with Gasteiger partial charge >= 0.3 is 0 Å². The van der Waals surface area contributed by atoms with Crippen LogP contribution in [0, 0.1) is 5.82 Å². The first kappa shape index (κ1) is 14.5. The highest BCUT2D eigenvalue weighted by Crippen LogP contribution is 2.28. The molecule has 0 amide bonds. The molecule has 1 N–H and O–H groups in total. The van der Waals surface area contributed by atoms with E-state index in [2.05, 4.69) is 32.3 Å². The number of hydrogen-bond acceptors (Lipinski definition) is 3. The number of benzene rings is 1. The SMILES string of the molecule is CN(c1cccc(F)c1)c1ncc(Br)cc1CNC1CC1. The Hall–Kier alpha value is -1.46. The van der Waals surface area contributed by atoms with E-state index in [0.29, 0.717) is 6.04 Å². The van der Waals surface area contributed by atoms with Crippen LogP contribution in [0.25, 0.3) is 0 Å². The van der Waals surface area contributed by atoms with Gasteiger partial charge in [-0.2, -0.15) is 0 Å². The van der Waals surface area contributed by atoms with Gasteiger partial charge in [-0.3, -0.25) is 0 Å². The quantitative estimate of drug-likeness (QED) is 0.883. The van der Waals surface area contributed by atoms with Crippen molar-refractivity contribution in [1.82, 2.24) is 10.3 Å². The molecule has 0 bridgehead atoms. The number of nitrogens with one attached hydrogen (secondary N) is 1. The molecule has 1 heterocycles. The highest BCUT2D eigenvalue weighted by molar-refractivity contribution is 9.10. The number of halogens is 2. The smallest absolute Gasteiger partial charge is 0.137 e. The number of rotatable bonds is 5. The summed E-state index contributed by atoms with van der Waals surface area (Å²) in [6, 6.07) is 9.25. The van der Waals surface area contributed by atoms with E-state index in [4.69, 9.17) is 0 Å². The monoisotopic (exact) mass is 349 g/mol. The van der Waals surface area contributed by atoms with Gasteiger partial charge in [0.1, 0.15) is 11.6 Å². The van der Waals surface area contributed by atoms with Crippen LogP contribution in [0.4, 0.5) is 15.9 Å². The van der Waals surface area contributed by atoms with Crippen LogP contribution in [0.3, 0.4) is 0 Å². The number of aromatic nitrogens is 1. The lowest BCUT2D eigenvalue weighted by Gasteiger charge is -2.22. The third-order valence-electron chi connectivity index (χ3n) is 3.58. The van der Waals surface area contributed by atoms with Gasteiger partial charge in [-0.05, 0) is 53.0 Å². The van der Waals surface area contributed by atoms with Crippen LogP contribution in [0.5, 0.6) is 0 Å². The highest BCUT2D eigenvalue weighted by Gasteiger charge is 2.21. The minimum absolute atomic E-state index is 0.242. The topological polar surface area (TPSA) is 28.2 Å². The molecule has 1 aliphatic carbocycles. The lowest BCUT2D eigenvalue weighted by atomic mass is 10.2. The van der Waals surface area contributed by atoms with E-state index < -0.39 is 0 Å². The molecule has 0 radical (unpaired) electrons. The molecule has 0 aliphatic heterocycles. The van der Waals surface area contributed by atoms with Gasteiger partial charge in [-0.1, -0.05) is 6.07 Å². The average Bonchev–Trinajstić information content (AvgIpc) is 3.29. The van der Waals surface area contributed by atoms with Gasteiger partial charge in [-0.25, -0.2) is 9.37 Å². The lowest BCUT2D eigenvalue weighted by molar-refractivity contribution is 0.628. The summed E-state index contributed by atoms with van der Waals surface area (Å²) >= 11 is 3.47. The molecule has 0 saturated heterocycles. The summed E-state index contributed by atoms with van der Waals surface area (Å²) in [5, 5.41) is 3.50. The van der Waals surface area contributed by atoms with Crippen molar-refractivity contribution in [2.24, 2.45) is 0 Å². The largest absolute Gasteiger partial charge is 0.329 e. The highest BCUT2D eigenvalue weighted by atomic mass is 79.9. The van der Waals surface area contributed by atoms with Crippen molar-refractivity contribution < 1.29 is 4.39 Å². The maximum atomic E-state index is 13.4. The van der Waals surface area contributed by atoms with E-state index in [0.717, 1.165) is 28.1 Å². The molecule has 1 saturated carbocycles. The van der Waals surface area contributed by atoms with Gasteiger partial charge in [-0.15, -0.1) is 0 Å². The molecule has 0 spiro atoms. The molecular weight excluding hydrogens is 333 g/mol. The minimum Gasteiger partial charge on any atom is -0.329 e. The number of hydrogen-bond donors (Lipinski definition) is 1. The third-order valence-corrected chi connectivity index (χ3v) is 4.01. The van der Waals surface area contributed by atoms with Crippen molar-refractivity contribution in [1.29, 1.82) is 0 Å². The number of anilines is 2. The summed E-state index contributed by atoms with van der Waals surface area (Å²) in [5.74, 6) is 0.603. The van der Waals surface area contributed by atoms with Gasteiger partial charge in [0.2, 0.25) is 0 Å². The van der Waals surface area contributed by atoms with E-state index in [1.165, 1.54) is 25.0 Å². The molecule has 21 heavy (non-hydrogen) atoms. The predicted octanol–water partition coefficient (Wildman–Crippen LogP) is 4.00. The van der Waals surface area contributed by atoms with Crippen LogP contribution < -0.4 is 10.2 Å². The Morgan fingerprint density at radius 2 is 2.19 bits per heavy atom. The fraction of sp³-hybridized carbons (Fsp3) is 0.312. The minimum atomic E-state index is -0.242. The zero-order valence-electron chi connectivity index (χ0n) is 11.8. The van der Waals surface area contributed by atoms with E-state index in [9.17, 15) is 4.39 Å². The first-order chi connectivity index (χ1) is 10.1. The Morgan fingerprint density at radius 3 is 2.90 bits per heavy atom. The van der Waals surface area contributed by atoms with Gasteiger partial charge in [0.05, 0.1) is 0 Å². The van der Waals surface area contributed by atoms with Crippen LogP contribution in [-0.2, 0) is 6.54 Å². The molecule has 1 aromatic heterocycles. The summed E-state index contributed by atoms with van der Waals surface area (Å²) in [4.78, 5) is 6.42. The number of nitrogens with zero attached hydrogens (tertiary/aromatic N) is 2. The van der Waals surface area contributed by atoms with Gasteiger partial charge in [0.25, 0.3) is 0 Å². The Labute approximate surface area is 132 Å². The van der Waals surface area contributed by atoms with Crippen LogP contribution in [-0.4, -0.2) is 18.1 Å². The first-order valence-corrected chi connectivity index (χ1v) is 7.80. The summed E-state index contributed by atoms with van der Waals surface area (Å²) in [6.07, 6.45) is 4.26. The van der Waals surface area contributed by atoms with Crippen molar-refractivity contribution in [2.75, 3.05) is 11.9 Å². The standard InChI is InChI=1S/C16H17BrFN3/c1-21(15-4-2-3-13(18)8-15)16-11(7-12(17)10-20-16)9-19-14-5-6-14/h2-4,7-8,10,14,19H,5-6,9H2,1H3. The van der Waals surface area contributed by atoms with Crippen molar-refractivity contribution in [3.63, 3.8) is 0 Å². The molecule has 0 unspecified atom stereocenters. The van der Waals surface area contributed by atoms with Crippen molar-refractivity contribution in [3.8, 4) is 0 Å². The average molecular weight is 350 g/mol. The second-order valence-corrected chi connectivity index (χ2v) is 6.25. The zero-order chi connectivity index (χ0) is 14.8. The summed E-state index contributed by atoms with van der Waals surface area (Å²) in [7, 11) is 1.91. The lowest BCUT2D eigenvalue weighted by Crippen LogP contribution is -2.20. The van der Waals surface area contributed by atoms with E-state index in [1.807, 2.05) is 18.0 Å². The summed E-state index contributed by atoms with van der Waals surface area (Å²) < 4.78 is 14.4. The molecule has 5 heteroatoms. The van der Waals surface area contributed by atoms with Crippen LogP contribution >= 0.6 is 15.9 Å². The molecule has 1 aromatic carbocycles. The zero-order valence-corrected chi connectivity index (χ0v) is 13.4. The second kappa shape index (κ2) is 6.12. The molecule has 110 valence electrons. The second-order valence-electron chi connectivity index (χ2n) is 5.33. The van der Waals surface area contributed by atoms with Crippen molar-refractivity contribution in [2.45, 2.75) is 25.4 Å². The van der Waals surface area contributed by atoms with E-state index in [-0.39, 0.29) is 5.82 Å². The van der Waals surface area contributed by atoms with Crippen LogP contribution in [0.15, 0.2) is 41.0 Å². The number of pyridine rings is 1. The third kappa shape index (κ3) is 3.60. The molecule has 0 atom stereocenters. The molecule has 3 rings (SSSR count). The van der Waals surface area contributed by atoms with E-state index >= 15 is 0 Å². The maximum Gasteiger partial charge on any atom is 0.137 e. The fourth-order valence-corrected chi connectivity index (χ4v) is 2.63. The molecule has 1 fully saturated rings. The molecular formula is C16H17BrFN3. The van der Waals surface area contributed by atoms with Crippen LogP contribution in [0.1, 0.15) is 18.4 Å². The van der Waals surface area contributed by atoms with Crippen LogP contribution in [0.2, 0.25) is 0 Å².